The second kappa shape index (κ2) is 7.94. The van der Waals surface area contributed by atoms with E-state index < -0.39 is 0 Å². The van der Waals surface area contributed by atoms with Gasteiger partial charge in [0.25, 0.3) is 0 Å². The second-order valence-electron chi connectivity index (χ2n) is 8.54. The molecule has 3 aromatic heterocycles. The fraction of sp³-hybridized carbons (Fsp3) is 0.333. The largest absolute Gasteiger partial charge is 0.354 e. The number of hydrogen-bond donors (Lipinski definition) is 0. The average Bonchev–Trinajstić information content (AvgIpc) is 3.59. The van der Waals surface area contributed by atoms with Crippen molar-refractivity contribution in [2.24, 2.45) is 0 Å². The van der Waals surface area contributed by atoms with Crippen LogP contribution in [0.5, 0.6) is 0 Å². The predicted molar refractivity (Wildman–Crippen MR) is 121 cm³/mol. The summed E-state index contributed by atoms with van der Waals surface area (Å²) in [6, 6.07) is 13.0. The van der Waals surface area contributed by atoms with E-state index in [0.29, 0.717) is 6.04 Å². The van der Waals surface area contributed by atoms with Gasteiger partial charge in [0.05, 0.1) is 18.1 Å². The van der Waals surface area contributed by atoms with Crippen LogP contribution in [0.4, 0.5) is 10.2 Å². The van der Waals surface area contributed by atoms with Gasteiger partial charge in [-0.1, -0.05) is 0 Å². The summed E-state index contributed by atoms with van der Waals surface area (Å²) in [5.41, 5.74) is 4.03. The number of aromatic nitrogens is 5. The number of benzene rings is 1. The molecule has 0 bridgehead atoms. The van der Waals surface area contributed by atoms with Gasteiger partial charge in [0.15, 0.2) is 5.65 Å². The zero-order chi connectivity index (χ0) is 21.5. The van der Waals surface area contributed by atoms with Gasteiger partial charge >= 0.3 is 0 Å². The van der Waals surface area contributed by atoms with Crippen LogP contribution in [-0.2, 0) is 0 Å². The third-order valence-corrected chi connectivity index (χ3v) is 6.58. The number of hydrogen-bond acceptors (Lipinski definition) is 6. The van der Waals surface area contributed by atoms with Crippen molar-refractivity contribution in [2.75, 3.05) is 31.1 Å². The Hall–Kier alpha value is -3.39. The van der Waals surface area contributed by atoms with Gasteiger partial charge < -0.3 is 4.90 Å². The Kier molecular flexibility index (Phi) is 4.79. The van der Waals surface area contributed by atoms with Crippen molar-refractivity contribution in [2.45, 2.75) is 25.3 Å². The van der Waals surface area contributed by atoms with Crippen molar-refractivity contribution in [3.63, 3.8) is 0 Å². The molecule has 0 radical (unpaired) electrons. The highest BCUT2D eigenvalue weighted by Crippen LogP contribution is 2.33. The molecule has 0 N–H and O–H groups in total. The van der Waals surface area contributed by atoms with Crippen molar-refractivity contribution in [1.82, 2.24) is 29.7 Å². The van der Waals surface area contributed by atoms with E-state index in [-0.39, 0.29) is 5.82 Å². The lowest BCUT2D eigenvalue weighted by Gasteiger charge is -2.24. The summed E-state index contributed by atoms with van der Waals surface area (Å²) in [6.07, 6.45) is 7.17. The van der Waals surface area contributed by atoms with Crippen LogP contribution < -0.4 is 4.90 Å². The molecule has 32 heavy (non-hydrogen) atoms. The second-order valence-corrected chi connectivity index (χ2v) is 8.54. The molecule has 7 nitrogen and oxygen atoms in total. The number of imidazole rings is 1. The maximum atomic E-state index is 13.5. The number of likely N-dealkylation sites (tertiary alicyclic amines) is 1. The van der Waals surface area contributed by atoms with Gasteiger partial charge in [0.1, 0.15) is 17.3 Å². The van der Waals surface area contributed by atoms with E-state index in [2.05, 4.69) is 26.1 Å². The lowest BCUT2D eigenvalue weighted by molar-refractivity contribution is 0.260. The van der Waals surface area contributed by atoms with Gasteiger partial charge in [0.2, 0.25) is 0 Å². The lowest BCUT2D eigenvalue weighted by Crippen LogP contribution is -2.35. The molecule has 2 aliphatic rings. The maximum Gasteiger partial charge on any atom is 0.155 e. The first-order valence-corrected chi connectivity index (χ1v) is 11.2. The summed E-state index contributed by atoms with van der Waals surface area (Å²) in [7, 11) is 0. The van der Waals surface area contributed by atoms with Gasteiger partial charge in [-0.05, 0) is 74.8 Å². The minimum Gasteiger partial charge on any atom is -0.354 e. The monoisotopic (exact) mass is 429 g/mol. The third kappa shape index (κ3) is 3.40. The topological polar surface area (TPSA) is 62.5 Å². The molecule has 1 atom stereocenters. The number of anilines is 1. The molecule has 5 heterocycles. The van der Waals surface area contributed by atoms with Crippen LogP contribution >= 0.6 is 0 Å². The number of nitrogens with zero attached hydrogens (tertiary/aromatic N) is 7. The van der Waals surface area contributed by atoms with Crippen molar-refractivity contribution >= 4 is 11.5 Å². The highest BCUT2D eigenvalue weighted by atomic mass is 19.1. The van der Waals surface area contributed by atoms with Crippen LogP contribution in [0.15, 0.2) is 54.9 Å². The zero-order valence-electron chi connectivity index (χ0n) is 17.7. The van der Waals surface area contributed by atoms with Crippen LogP contribution in [0.2, 0.25) is 0 Å². The van der Waals surface area contributed by atoms with E-state index in [1.165, 1.54) is 44.5 Å². The number of fused-ring (bicyclic) bond motifs is 1. The molecule has 162 valence electrons. The van der Waals surface area contributed by atoms with Gasteiger partial charge in [-0.15, -0.1) is 5.10 Å². The van der Waals surface area contributed by atoms with Crippen LogP contribution in [0.25, 0.3) is 28.2 Å². The molecular formula is C24H24FN7. The molecule has 8 heteroatoms. The molecule has 0 amide bonds. The highest BCUT2D eigenvalue weighted by molar-refractivity contribution is 5.81. The molecule has 2 saturated heterocycles. The predicted octanol–water partition coefficient (Wildman–Crippen LogP) is 3.67. The zero-order valence-corrected chi connectivity index (χ0v) is 17.7. The Labute approximate surface area is 185 Å². The Morgan fingerprint density at radius 1 is 0.875 bits per heavy atom. The third-order valence-electron chi connectivity index (χ3n) is 6.58. The van der Waals surface area contributed by atoms with E-state index in [1.54, 1.807) is 24.5 Å². The molecule has 0 saturated carbocycles. The lowest BCUT2D eigenvalue weighted by atomic mass is 10.1. The Balaban J connectivity index is 1.42. The van der Waals surface area contributed by atoms with E-state index in [1.807, 2.05) is 16.6 Å². The Morgan fingerprint density at radius 3 is 2.50 bits per heavy atom. The first-order chi connectivity index (χ1) is 15.8. The molecular weight excluding hydrogens is 405 g/mol. The molecule has 6 rings (SSSR count). The summed E-state index contributed by atoms with van der Waals surface area (Å²) in [4.78, 5) is 9.83. The summed E-state index contributed by atoms with van der Waals surface area (Å²) >= 11 is 0. The van der Waals surface area contributed by atoms with Crippen molar-refractivity contribution in [3.05, 3.63) is 60.7 Å². The Bertz CT molecular complexity index is 1230. The fourth-order valence-electron chi connectivity index (χ4n) is 4.95. The Morgan fingerprint density at radius 2 is 1.72 bits per heavy atom. The van der Waals surface area contributed by atoms with Crippen LogP contribution in [0.3, 0.4) is 0 Å². The fourth-order valence-corrected chi connectivity index (χ4v) is 4.95. The molecule has 1 aromatic carbocycles. The number of rotatable bonds is 4. The summed E-state index contributed by atoms with van der Waals surface area (Å²) in [5.74, 6) is 0.678. The van der Waals surface area contributed by atoms with E-state index >= 15 is 0 Å². The SMILES string of the molecule is Fc1ccc(-c2nc3ccc(N4CCC(N5CCCC5)C4)nn3c2-c2ccnnc2)cc1. The quantitative estimate of drug-likeness (QED) is 0.493. The summed E-state index contributed by atoms with van der Waals surface area (Å²) < 4.78 is 15.4. The molecule has 0 aliphatic carbocycles. The molecule has 2 aliphatic heterocycles. The summed E-state index contributed by atoms with van der Waals surface area (Å²) in [6.45, 7) is 4.44. The molecule has 0 spiro atoms. The van der Waals surface area contributed by atoms with Crippen molar-refractivity contribution < 1.29 is 4.39 Å². The van der Waals surface area contributed by atoms with Gasteiger partial charge in [-0.3, -0.25) is 4.90 Å². The van der Waals surface area contributed by atoms with E-state index in [4.69, 9.17) is 10.1 Å². The van der Waals surface area contributed by atoms with Crippen molar-refractivity contribution in [1.29, 1.82) is 0 Å². The van der Waals surface area contributed by atoms with E-state index in [0.717, 1.165) is 47.1 Å². The average molecular weight is 430 g/mol. The standard InChI is InChI=1S/C24H24FN7/c25-19-5-3-17(4-6-19)23-24(18-9-11-26-27-15-18)32-21(28-23)7-8-22(29-32)31-14-10-20(16-31)30-12-1-2-13-30/h3-9,11,15,20H,1-2,10,12-14,16H2. The van der Waals surface area contributed by atoms with Gasteiger partial charge in [0, 0.05) is 30.3 Å². The number of halogens is 1. The van der Waals surface area contributed by atoms with Gasteiger partial charge in [-0.25, -0.2) is 13.9 Å². The molecule has 1 unspecified atom stereocenters. The maximum absolute atomic E-state index is 13.5. The highest BCUT2D eigenvalue weighted by Gasteiger charge is 2.30. The smallest absolute Gasteiger partial charge is 0.155 e. The summed E-state index contributed by atoms with van der Waals surface area (Å²) in [5, 5.41) is 13.0. The first kappa shape index (κ1) is 19.3. The normalized spacial score (nSPS) is 19.3. The van der Waals surface area contributed by atoms with Crippen LogP contribution in [0.1, 0.15) is 19.3 Å². The van der Waals surface area contributed by atoms with Crippen LogP contribution in [0, 0.1) is 5.82 Å². The van der Waals surface area contributed by atoms with Crippen LogP contribution in [-0.4, -0.2) is 61.9 Å². The first-order valence-electron chi connectivity index (χ1n) is 11.2. The van der Waals surface area contributed by atoms with Gasteiger partial charge in [-0.2, -0.15) is 10.2 Å². The minimum atomic E-state index is -0.272. The van der Waals surface area contributed by atoms with E-state index in [9.17, 15) is 4.39 Å². The molecule has 4 aromatic rings. The molecule has 2 fully saturated rings. The minimum absolute atomic E-state index is 0.272. The van der Waals surface area contributed by atoms with Crippen molar-refractivity contribution in [3.8, 4) is 22.5 Å².